The molecule has 0 atom stereocenters. The van der Waals surface area contributed by atoms with E-state index in [1.165, 1.54) is 30.5 Å². The van der Waals surface area contributed by atoms with Crippen LogP contribution in [0.5, 0.6) is 0 Å². The predicted molar refractivity (Wildman–Crippen MR) is 95.9 cm³/mol. The van der Waals surface area contributed by atoms with E-state index >= 15 is 0 Å². The number of sulfonamides is 1. The fraction of sp³-hybridized carbons (Fsp3) is 0.0556. The first-order valence-electron chi connectivity index (χ1n) is 7.62. The van der Waals surface area contributed by atoms with E-state index in [0.717, 1.165) is 12.1 Å². The molecule has 0 radical (unpaired) electrons. The van der Waals surface area contributed by atoms with Gasteiger partial charge in [-0.2, -0.15) is 0 Å². The minimum Gasteiger partial charge on any atom is -0.352 e. The molecule has 0 bridgehead atoms. The lowest BCUT2D eigenvalue weighted by Gasteiger charge is -2.11. The second kappa shape index (κ2) is 7.09. The predicted octanol–water partition coefficient (Wildman–Crippen LogP) is 4.21. The van der Waals surface area contributed by atoms with Crippen molar-refractivity contribution in [1.82, 2.24) is 4.98 Å². The van der Waals surface area contributed by atoms with Crippen LogP contribution in [-0.2, 0) is 10.0 Å². The number of aromatic nitrogens is 1. The number of halogens is 2. The average molecular weight is 375 g/mol. The highest BCUT2D eigenvalue weighted by atomic mass is 32.2. The van der Waals surface area contributed by atoms with E-state index in [4.69, 9.17) is 0 Å². The topological polar surface area (TPSA) is 71.1 Å². The summed E-state index contributed by atoms with van der Waals surface area (Å²) in [6.45, 7) is 1.70. The van der Waals surface area contributed by atoms with E-state index < -0.39 is 21.7 Å². The molecule has 0 aliphatic carbocycles. The van der Waals surface area contributed by atoms with Gasteiger partial charge < -0.3 is 5.32 Å². The number of hydrogen-bond donors (Lipinski definition) is 2. The number of pyridine rings is 1. The summed E-state index contributed by atoms with van der Waals surface area (Å²) in [5.74, 6) is -1.29. The quantitative estimate of drug-likeness (QED) is 0.701. The van der Waals surface area contributed by atoms with Crippen LogP contribution < -0.4 is 10.0 Å². The molecule has 2 aromatic carbocycles. The fourth-order valence-electron chi connectivity index (χ4n) is 2.33. The first-order chi connectivity index (χ1) is 12.3. The third-order valence-electron chi connectivity index (χ3n) is 3.60. The summed E-state index contributed by atoms with van der Waals surface area (Å²) in [5.41, 5.74) is 1.13. The molecule has 0 saturated heterocycles. The van der Waals surface area contributed by atoms with Gasteiger partial charge in [0.05, 0.1) is 22.5 Å². The molecule has 3 aromatic rings. The zero-order chi connectivity index (χ0) is 18.7. The van der Waals surface area contributed by atoms with Gasteiger partial charge in [0.15, 0.2) is 0 Å². The molecule has 1 aromatic heterocycles. The Morgan fingerprint density at radius 3 is 2.42 bits per heavy atom. The third kappa shape index (κ3) is 3.97. The Hall–Kier alpha value is -3.00. The zero-order valence-corrected chi connectivity index (χ0v) is 14.5. The lowest BCUT2D eigenvalue weighted by atomic mass is 10.2. The van der Waals surface area contributed by atoms with Crippen molar-refractivity contribution < 1.29 is 17.2 Å². The Balaban J connectivity index is 1.76. The molecule has 0 spiro atoms. The van der Waals surface area contributed by atoms with Crippen molar-refractivity contribution in [2.45, 2.75) is 11.8 Å². The van der Waals surface area contributed by atoms with Crippen LogP contribution in [0.2, 0.25) is 0 Å². The molecule has 134 valence electrons. The summed E-state index contributed by atoms with van der Waals surface area (Å²) in [6.07, 6.45) is 1.35. The Bertz CT molecular complexity index is 1040. The summed E-state index contributed by atoms with van der Waals surface area (Å²) >= 11 is 0. The van der Waals surface area contributed by atoms with Crippen molar-refractivity contribution in [1.29, 1.82) is 0 Å². The van der Waals surface area contributed by atoms with Crippen molar-refractivity contribution in [3.63, 3.8) is 0 Å². The van der Waals surface area contributed by atoms with Gasteiger partial charge in [0.2, 0.25) is 0 Å². The molecule has 3 rings (SSSR count). The van der Waals surface area contributed by atoms with Gasteiger partial charge in [-0.05, 0) is 42.8 Å². The average Bonchev–Trinajstić information content (AvgIpc) is 2.59. The molecule has 0 aliphatic rings. The van der Waals surface area contributed by atoms with Crippen LogP contribution in [0.15, 0.2) is 65.7 Å². The fourth-order valence-corrected chi connectivity index (χ4v) is 3.58. The number of aryl methyl sites for hydroxylation is 1. The first kappa shape index (κ1) is 17.8. The summed E-state index contributed by atoms with van der Waals surface area (Å²) in [7, 11) is -3.76. The second-order valence-corrected chi connectivity index (χ2v) is 7.20. The van der Waals surface area contributed by atoms with Gasteiger partial charge in [0, 0.05) is 6.07 Å². The molecule has 0 aliphatic heterocycles. The summed E-state index contributed by atoms with van der Waals surface area (Å²) in [6, 6.07) is 12.7. The molecular weight excluding hydrogens is 360 g/mol. The van der Waals surface area contributed by atoms with Crippen LogP contribution in [-0.4, -0.2) is 13.4 Å². The molecule has 0 saturated carbocycles. The van der Waals surface area contributed by atoms with Crippen molar-refractivity contribution in [3.8, 4) is 0 Å². The highest BCUT2D eigenvalue weighted by Gasteiger charge is 2.16. The van der Waals surface area contributed by atoms with Crippen molar-refractivity contribution in [3.05, 3.63) is 78.0 Å². The van der Waals surface area contributed by atoms with Gasteiger partial charge in [0.25, 0.3) is 10.0 Å². The summed E-state index contributed by atoms with van der Waals surface area (Å²) in [4.78, 5) is 4.18. The third-order valence-corrected chi connectivity index (χ3v) is 5.11. The molecule has 0 unspecified atom stereocenters. The molecule has 26 heavy (non-hydrogen) atoms. The van der Waals surface area contributed by atoms with E-state index in [1.807, 2.05) is 0 Å². The Morgan fingerprint density at radius 2 is 1.77 bits per heavy atom. The van der Waals surface area contributed by atoms with Crippen molar-refractivity contribution >= 4 is 27.2 Å². The minimum atomic E-state index is -3.76. The van der Waals surface area contributed by atoms with Crippen LogP contribution in [0.1, 0.15) is 5.56 Å². The standard InChI is InChI=1S/C18H15F2N3O2S/c1-12-4-2-3-5-17(12)26(24,25)23-18-9-7-14(11-21-18)22-16-8-6-13(19)10-15(16)20/h2-11,22H,1H3,(H,21,23). The van der Waals surface area contributed by atoms with Crippen LogP contribution in [0.3, 0.4) is 0 Å². The Labute approximate surface area is 149 Å². The molecular formula is C18H15F2N3O2S. The molecule has 5 nitrogen and oxygen atoms in total. The minimum absolute atomic E-state index is 0.0847. The largest absolute Gasteiger partial charge is 0.352 e. The summed E-state index contributed by atoms with van der Waals surface area (Å²) < 4.78 is 53.8. The van der Waals surface area contributed by atoms with Gasteiger partial charge in [-0.15, -0.1) is 0 Å². The SMILES string of the molecule is Cc1ccccc1S(=O)(=O)Nc1ccc(Nc2ccc(F)cc2F)cn1. The van der Waals surface area contributed by atoms with Gasteiger partial charge in [0.1, 0.15) is 17.5 Å². The van der Waals surface area contributed by atoms with Crippen molar-refractivity contribution in [2.24, 2.45) is 0 Å². The van der Waals surface area contributed by atoms with E-state index in [2.05, 4.69) is 15.0 Å². The molecule has 8 heteroatoms. The highest BCUT2D eigenvalue weighted by Crippen LogP contribution is 2.22. The van der Waals surface area contributed by atoms with Crippen LogP contribution >= 0.6 is 0 Å². The number of benzene rings is 2. The highest BCUT2D eigenvalue weighted by molar-refractivity contribution is 7.92. The maximum absolute atomic E-state index is 13.6. The number of nitrogens with one attached hydrogen (secondary N) is 2. The van der Waals surface area contributed by atoms with Crippen LogP contribution in [0.4, 0.5) is 26.0 Å². The number of anilines is 3. The van der Waals surface area contributed by atoms with E-state index in [0.29, 0.717) is 11.3 Å². The van der Waals surface area contributed by atoms with E-state index in [9.17, 15) is 17.2 Å². The van der Waals surface area contributed by atoms with Gasteiger partial charge in [-0.1, -0.05) is 18.2 Å². The maximum Gasteiger partial charge on any atom is 0.263 e. The second-order valence-electron chi connectivity index (χ2n) is 5.55. The monoisotopic (exact) mass is 375 g/mol. The summed E-state index contributed by atoms with van der Waals surface area (Å²) in [5, 5.41) is 2.75. The smallest absolute Gasteiger partial charge is 0.263 e. The van der Waals surface area contributed by atoms with Crippen LogP contribution in [0.25, 0.3) is 0 Å². The number of nitrogens with zero attached hydrogens (tertiary/aromatic N) is 1. The van der Waals surface area contributed by atoms with Gasteiger partial charge >= 0.3 is 0 Å². The molecule has 0 fully saturated rings. The maximum atomic E-state index is 13.6. The molecule has 1 heterocycles. The lowest BCUT2D eigenvalue weighted by Crippen LogP contribution is -2.15. The van der Waals surface area contributed by atoms with E-state index in [1.54, 1.807) is 25.1 Å². The Morgan fingerprint density at radius 1 is 1.00 bits per heavy atom. The molecule has 2 N–H and O–H groups in total. The zero-order valence-electron chi connectivity index (χ0n) is 13.7. The van der Waals surface area contributed by atoms with Crippen molar-refractivity contribution in [2.75, 3.05) is 10.0 Å². The van der Waals surface area contributed by atoms with Gasteiger partial charge in [-0.25, -0.2) is 22.2 Å². The van der Waals surface area contributed by atoms with E-state index in [-0.39, 0.29) is 16.4 Å². The number of hydrogen-bond acceptors (Lipinski definition) is 4. The number of rotatable bonds is 5. The first-order valence-corrected chi connectivity index (χ1v) is 9.10. The lowest BCUT2D eigenvalue weighted by molar-refractivity contribution is 0.586. The Kier molecular flexibility index (Phi) is 4.85. The van der Waals surface area contributed by atoms with Gasteiger partial charge in [-0.3, -0.25) is 4.72 Å². The van der Waals surface area contributed by atoms with Crippen LogP contribution in [0, 0.1) is 18.6 Å². The molecule has 0 amide bonds. The normalized spacial score (nSPS) is 11.2.